The van der Waals surface area contributed by atoms with Gasteiger partial charge in [0, 0.05) is 6.04 Å². The molecular formula is C10H19N. The summed E-state index contributed by atoms with van der Waals surface area (Å²) in [7, 11) is 0. The van der Waals surface area contributed by atoms with E-state index in [2.05, 4.69) is 12.2 Å². The van der Waals surface area contributed by atoms with Crippen LogP contribution >= 0.6 is 0 Å². The van der Waals surface area contributed by atoms with Gasteiger partial charge in [0.05, 0.1) is 0 Å². The van der Waals surface area contributed by atoms with Crippen LogP contribution < -0.4 is 5.32 Å². The minimum absolute atomic E-state index is 0.786. The van der Waals surface area contributed by atoms with E-state index in [1.54, 1.807) is 0 Å². The predicted octanol–water partition coefficient (Wildman–Crippen LogP) is 2.17. The summed E-state index contributed by atoms with van der Waals surface area (Å²) in [6.45, 7) is 3.62. The average molecular weight is 153 g/mol. The molecule has 0 unspecified atom stereocenters. The molecule has 1 N–H and O–H groups in total. The number of rotatable bonds is 0. The van der Waals surface area contributed by atoms with E-state index in [0.717, 1.165) is 17.9 Å². The second-order valence-corrected chi connectivity index (χ2v) is 4.35. The van der Waals surface area contributed by atoms with Crippen LogP contribution in [0.1, 0.15) is 39.0 Å². The summed E-state index contributed by atoms with van der Waals surface area (Å²) in [6, 6.07) is 0.786. The smallest absolute Gasteiger partial charge is 0.00415 e. The molecule has 2 fully saturated rings. The van der Waals surface area contributed by atoms with Crippen LogP contribution in [0.4, 0.5) is 0 Å². The van der Waals surface area contributed by atoms with Crippen LogP contribution in [0.5, 0.6) is 0 Å². The molecular weight excluding hydrogens is 134 g/mol. The molecule has 64 valence electrons. The Balaban J connectivity index is 1.93. The van der Waals surface area contributed by atoms with Crippen molar-refractivity contribution in [3.8, 4) is 0 Å². The molecule has 0 bridgehead atoms. The molecule has 1 saturated heterocycles. The lowest BCUT2D eigenvalue weighted by molar-refractivity contribution is 0.159. The Hall–Kier alpha value is -0.0400. The quantitative estimate of drug-likeness (QED) is 0.562. The molecule has 3 atom stereocenters. The summed E-state index contributed by atoms with van der Waals surface area (Å²) < 4.78 is 0. The zero-order valence-electron chi connectivity index (χ0n) is 7.47. The van der Waals surface area contributed by atoms with Crippen LogP contribution in [-0.2, 0) is 0 Å². The van der Waals surface area contributed by atoms with Crippen molar-refractivity contribution >= 4 is 0 Å². The largest absolute Gasteiger partial charge is 0.314 e. The Morgan fingerprint density at radius 3 is 2.64 bits per heavy atom. The maximum atomic E-state index is 3.58. The van der Waals surface area contributed by atoms with Crippen LogP contribution in [0.15, 0.2) is 0 Å². The van der Waals surface area contributed by atoms with E-state index in [1.165, 1.54) is 38.6 Å². The Kier molecular flexibility index (Phi) is 2.17. The second kappa shape index (κ2) is 3.14. The number of hydrogen-bond acceptors (Lipinski definition) is 1. The first-order chi connectivity index (χ1) is 5.36. The lowest BCUT2D eigenvalue weighted by Crippen LogP contribution is -2.43. The highest BCUT2D eigenvalue weighted by Crippen LogP contribution is 2.34. The van der Waals surface area contributed by atoms with E-state index in [9.17, 15) is 0 Å². The number of nitrogens with one attached hydrogen (secondary N) is 1. The van der Waals surface area contributed by atoms with Gasteiger partial charge in [0.25, 0.3) is 0 Å². The summed E-state index contributed by atoms with van der Waals surface area (Å²) in [5, 5.41) is 3.58. The standard InChI is InChI=1S/C10H19N/c1-8-6-9-4-2-3-5-10(9)7-11-8/h8-11H,2-7H2,1H3/t8-,9+,10-/m1/s1. The molecule has 0 aromatic carbocycles. The summed E-state index contributed by atoms with van der Waals surface area (Å²) in [6.07, 6.45) is 7.41. The predicted molar refractivity (Wildman–Crippen MR) is 47.5 cm³/mol. The van der Waals surface area contributed by atoms with Crippen molar-refractivity contribution in [1.29, 1.82) is 0 Å². The van der Waals surface area contributed by atoms with E-state index in [4.69, 9.17) is 0 Å². The fraction of sp³-hybridized carbons (Fsp3) is 1.00. The molecule has 1 saturated carbocycles. The molecule has 1 nitrogen and oxygen atoms in total. The minimum atomic E-state index is 0.786. The Labute approximate surface area is 69.6 Å². The lowest BCUT2D eigenvalue weighted by atomic mass is 9.74. The molecule has 0 amide bonds. The summed E-state index contributed by atoms with van der Waals surface area (Å²) in [5.41, 5.74) is 0. The molecule has 1 aliphatic heterocycles. The van der Waals surface area contributed by atoms with E-state index in [0.29, 0.717) is 0 Å². The second-order valence-electron chi connectivity index (χ2n) is 4.35. The van der Waals surface area contributed by atoms with Crippen LogP contribution in [0, 0.1) is 11.8 Å². The van der Waals surface area contributed by atoms with Gasteiger partial charge in [-0.2, -0.15) is 0 Å². The topological polar surface area (TPSA) is 12.0 Å². The fourth-order valence-corrected chi connectivity index (χ4v) is 2.75. The van der Waals surface area contributed by atoms with Crippen molar-refractivity contribution in [3.05, 3.63) is 0 Å². The summed E-state index contributed by atoms with van der Waals surface area (Å²) >= 11 is 0. The van der Waals surface area contributed by atoms with Gasteiger partial charge in [0.1, 0.15) is 0 Å². The molecule has 2 aliphatic rings. The third-order valence-electron chi connectivity index (χ3n) is 3.45. The molecule has 0 aromatic heterocycles. The molecule has 2 rings (SSSR count). The Morgan fingerprint density at radius 1 is 1.09 bits per heavy atom. The van der Waals surface area contributed by atoms with Gasteiger partial charge in [-0.15, -0.1) is 0 Å². The van der Waals surface area contributed by atoms with Crippen molar-refractivity contribution in [2.75, 3.05) is 6.54 Å². The van der Waals surface area contributed by atoms with Crippen LogP contribution in [-0.4, -0.2) is 12.6 Å². The van der Waals surface area contributed by atoms with Gasteiger partial charge in [-0.3, -0.25) is 0 Å². The van der Waals surface area contributed by atoms with E-state index >= 15 is 0 Å². The monoisotopic (exact) mass is 153 g/mol. The normalized spacial score (nSPS) is 45.0. The molecule has 1 aliphatic carbocycles. The molecule has 11 heavy (non-hydrogen) atoms. The van der Waals surface area contributed by atoms with E-state index < -0.39 is 0 Å². The van der Waals surface area contributed by atoms with Gasteiger partial charge < -0.3 is 5.32 Å². The van der Waals surface area contributed by atoms with Gasteiger partial charge in [-0.05, 0) is 38.1 Å². The third-order valence-corrected chi connectivity index (χ3v) is 3.45. The minimum Gasteiger partial charge on any atom is -0.314 e. The average Bonchev–Trinajstić information content (AvgIpc) is 2.04. The SMILES string of the molecule is C[C@@H]1C[C@@H]2CCCC[C@@H]2CN1. The Morgan fingerprint density at radius 2 is 1.82 bits per heavy atom. The molecule has 0 aromatic rings. The van der Waals surface area contributed by atoms with Gasteiger partial charge in [-0.1, -0.05) is 19.3 Å². The van der Waals surface area contributed by atoms with Crippen molar-refractivity contribution in [3.63, 3.8) is 0 Å². The maximum Gasteiger partial charge on any atom is 0.00415 e. The highest BCUT2D eigenvalue weighted by atomic mass is 14.9. The van der Waals surface area contributed by atoms with Gasteiger partial charge in [0.15, 0.2) is 0 Å². The van der Waals surface area contributed by atoms with Crippen LogP contribution in [0.3, 0.4) is 0 Å². The van der Waals surface area contributed by atoms with Gasteiger partial charge in [0.2, 0.25) is 0 Å². The first-order valence-electron chi connectivity index (χ1n) is 5.09. The summed E-state index contributed by atoms with van der Waals surface area (Å²) in [5.74, 6) is 2.10. The molecule has 0 radical (unpaired) electrons. The van der Waals surface area contributed by atoms with Crippen molar-refractivity contribution in [2.45, 2.75) is 45.1 Å². The number of hydrogen-bond donors (Lipinski definition) is 1. The van der Waals surface area contributed by atoms with Crippen molar-refractivity contribution < 1.29 is 0 Å². The zero-order chi connectivity index (χ0) is 7.68. The molecule has 1 heterocycles. The van der Waals surface area contributed by atoms with Gasteiger partial charge >= 0.3 is 0 Å². The first-order valence-corrected chi connectivity index (χ1v) is 5.09. The summed E-state index contributed by atoms with van der Waals surface area (Å²) in [4.78, 5) is 0. The molecule has 1 heteroatoms. The van der Waals surface area contributed by atoms with Crippen LogP contribution in [0.25, 0.3) is 0 Å². The van der Waals surface area contributed by atoms with E-state index in [1.807, 2.05) is 0 Å². The van der Waals surface area contributed by atoms with E-state index in [-0.39, 0.29) is 0 Å². The maximum absolute atomic E-state index is 3.58. The lowest BCUT2D eigenvalue weighted by Gasteiger charge is -2.38. The zero-order valence-corrected chi connectivity index (χ0v) is 7.47. The van der Waals surface area contributed by atoms with Crippen molar-refractivity contribution in [2.24, 2.45) is 11.8 Å². The van der Waals surface area contributed by atoms with Crippen molar-refractivity contribution in [1.82, 2.24) is 5.32 Å². The first kappa shape index (κ1) is 7.60. The number of fused-ring (bicyclic) bond motifs is 1. The highest BCUT2D eigenvalue weighted by molar-refractivity contribution is 4.84. The fourth-order valence-electron chi connectivity index (χ4n) is 2.75. The van der Waals surface area contributed by atoms with Gasteiger partial charge in [-0.25, -0.2) is 0 Å². The molecule has 0 spiro atoms. The van der Waals surface area contributed by atoms with Crippen LogP contribution in [0.2, 0.25) is 0 Å². The highest BCUT2D eigenvalue weighted by Gasteiger charge is 2.29. The third kappa shape index (κ3) is 1.58. The Bertz CT molecular complexity index is 133. The number of piperidine rings is 1.